The first kappa shape index (κ1) is 48.3. The number of rotatable bonds is 7. The maximum atomic E-state index is 16.0. The standard InChI is InChI=1S/C66H34F6N6/c67-65(68,69)52-3-1-2-51(28-52)64-62(77-58-24-20-47(43-12-4-39(35-73)5-13-43)29-54(58)55-30-48(21-25-59(55)77)44-14-6-40(36-74)7-15-44)33-53(66(70,71)72)34-63(64)78-60-26-22-49(45-16-8-41(37-75)9-17-45)31-56(60)57-32-50(23-27-61(57)78)46-18-10-42(38-76)11-19-46/h1-34H. The second kappa shape index (κ2) is 18.6. The molecule has 0 saturated carbocycles. The molecular formula is C66H34F6N6. The van der Waals surface area contributed by atoms with Crippen LogP contribution in [0.5, 0.6) is 0 Å². The van der Waals surface area contributed by atoms with Crippen LogP contribution in [0.25, 0.3) is 111 Å². The fourth-order valence-electron chi connectivity index (χ4n) is 10.5. The highest BCUT2D eigenvalue weighted by Crippen LogP contribution is 2.48. The lowest BCUT2D eigenvalue weighted by molar-refractivity contribution is -0.138. The quantitative estimate of drug-likeness (QED) is 0.148. The number of nitrogens with zero attached hydrogens (tertiary/aromatic N) is 6. The van der Waals surface area contributed by atoms with Crippen LogP contribution in [0, 0.1) is 45.3 Å². The van der Waals surface area contributed by atoms with Gasteiger partial charge in [0, 0.05) is 27.1 Å². The Morgan fingerprint density at radius 3 is 0.833 bits per heavy atom. The summed E-state index contributed by atoms with van der Waals surface area (Å²) < 4.78 is 96.1. The van der Waals surface area contributed by atoms with Gasteiger partial charge in [0.05, 0.1) is 91.1 Å². The number of nitriles is 4. The summed E-state index contributed by atoms with van der Waals surface area (Å²) in [6, 6.07) is 65.2. The van der Waals surface area contributed by atoms with E-state index in [1.807, 2.05) is 48.5 Å². The molecule has 370 valence electrons. The molecule has 0 unspecified atom stereocenters. The van der Waals surface area contributed by atoms with Crippen LogP contribution in [0.4, 0.5) is 26.3 Å². The fraction of sp³-hybridized carbons (Fsp3) is 0.0303. The van der Waals surface area contributed by atoms with Crippen molar-refractivity contribution in [2.45, 2.75) is 12.4 Å². The molecule has 0 atom stereocenters. The Balaban J connectivity index is 1.21. The van der Waals surface area contributed by atoms with Crippen molar-refractivity contribution in [2.24, 2.45) is 0 Å². The van der Waals surface area contributed by atoms with E-state index in [1.54, 1.807) is 130 Å². The van der Waals surface area contributed by atoms with Crippen molar-refractivity contribution in [3.8, 4) is 91.3 Å². The molecule has 0 fully saturated rings. The van der Waals surface area contributed by atoms with E-state index in [0.29, 0.717) is 65.9 Å². The van der Waals surface area contributed by atoms with E-state index >= 15 is 13.2 Å². The molecule has 0 saturated heterocycles. The van der Waals surface area contributed by atoms with Gasteiger partial charge in [0.1, 0.15) is 0 Å². The summed E-state index contributed by atoms with van der Waals surface area (Å²) in [7, 11) is 0. The average molecular weight is 1030 g/mol. The Labute approximate surface area is 441 Å². The van der Waals surface area contributed by atoms with E-state index in [2.05, 4.69) is 24.3 Å². The van der Waals surface area contributed by atoms with Crippen LogP contribution in [-0.2, 0) is 12.4 Å². The number of benzene rings is 10. The van der Waals surface area contributed by atoms with Gasteiger partial charge < -0.3 is 9.13 Å². The van der Waals surface area contributed by atoms with Gasteiger partial charge in [0.2, 0.25) is 0 Å². The molecule has 0 amide bonds. The summed E-state index contributed by atoms with van der Waals surface area (Å²) in [5.74, 6) is 0. The summed E-state index contributed by atoms with van der Waals surface area (Å²) in [5.41, 5.74) is 7.58. The lowest BCUT2D eigenvalue weighted by Gasteiger charge is -2.23. The highest BCUT2D eigenvalue weighted by atomic mass is 19.4. The van der Waals surface area contributed by atoms with E-state index in [9.17, 15) is 34.2 Å². The third-order valence-electron chi connectivity index (χ3n) is 14.3. The molecule has 0 aliphatic rings. The lowest BCUT2D eigenvalue weighted by atomic mass is 9.96. The zero-order chi connectivity index (χ0) is 54.0. The molecule has 2 heterocycles. The van der Waals surface area contributed by atoms with E-state index in [4.69, 9.17) is 0 Å². The minimum absolute atomic E-state index is 0.000334. The van der Waals surface area contributed by atoms with Gasteiger partial charge in [0.25, 0.3) is 0 Å². The Hall–Kier alpha value is -10.7. The minimum Gasteiger partial charge on any atom is -0.309 e. The van der Waals surface area contributed by atoms with Gasteiger partial charge in [-0.15, -0.1) is 0 Å². The monoisotopic (exact) mass is 1020 g/mol. The molecule has 0 aliphatic heterocycles. The van der Waals surface area contributed by atoms with Gasteiger partial charge in [-0.25, -0.2) is 0 Å². The van der Waals surface area contributed by atoms with Gasteiger partial charge in [-0.1, -0.05) is 84.9 Å². The summed E-state index contributed by atoms with van der Waals surface area (Å²) >= 11 is 0. The van der Waals surface area contributed by atoms with Crippen LogP contribution in [0.3, 0.4) is 0 Å². The summed E-state index contributed by atoms with van der Waals surface area (Å²) in [6.45, 7) is 0. The number of alkyl halides is 6. The van der Waals surface area contributed by atoms with E-state index in [1.165, 1.54) is 12.1 Å². The Bertz CT molecular complexity index is 4110. The van der Waals surface area contributed by atoms with Gasteiger partial charge in [-0.05, 0) is 171 Å². The largest absolute Gasteiger partial charge is 0.416 e. The number of halogens is 6. The normalized spacial score (nSPS) is 11.7. The molecule has 0 bridgehead atoms. The molecule has 78 heavy (non-hydrogen) atoms. The first-order chi connectivity index (χ1) is 37.7. The summed E-state index contributed by atoms with van der Waals surface area (Å²) in [5, 5.41) is 40.7. The number of fused-ring (bicyclic) bond motifs is 6. The van der Waals surface area contributed by atoms with Crippen LogP contribution in [0.2, 0.25) is 0 Å². The zero-order valence-corrected chi connectivity index (χ0v) is 40.6. The van der Waals surface area contributed by atoms with Crippen LogP contribution in [0.15, 0.2) is 206 Å². The van der Waals surface area contributed by atoms with Crippen molar-refractivity contribution in [1.82, 2.24) is 9.13 Å². The predicted molar refractivity (Wildman–Crippen MR) is 291 cm³/mol. The molecule has 10 aromatic carbocycles. The first-order valence-electron chi connectivity index (χ1n) is 24.3. The molecule has 0 aliphatic carbocycles. The molecule has 0 radical (unpaired) electrons. The zero-order valence-electron chi connectivity index (χ0n) is 40.6. The second-order valence-electron chi connectivity index (χ2n) is 18.8. The van der Waals surface area contributed by atoms with Gasteiger partial charge in [-0.3, -0.25) is 0 Å². The third kappa shape index (κ3) is 8.41. The Morgan fingerprint density at radius 2 is 0.564 bits per heavy atom. The molecule has 12 rings (SSSR count). The molecule has 6 nitrogen and oxygen atoms in total. The molecule has 2 aromatic heterocycles. The molecule has 0 spiro atoms. The van der Waals surface area contributed by atoms with Gasteiger partial charge >= 0.3 is 12.4 Å². The highest BCUT2D eigenvalue weighted by Gasteiger charge is 2.36. The van der Waals surface area contributed by atoms with Crippen molar-refractivity contribution in [1.29, 1.82) is 21.0 Å². The van der Waals surface area contributed by atoms with Crippen molar-refractivity contribution in [3.05, 3.63) is 240 Å². The SMILES string of the molecule is N#Cc1ccc(-c2ccc3c(c2)c2cc(-c4ccc(C#N)cc4)ccc2n3-c2cc(C(F)(F)F)cc(-n3c4ccc(-c5ccc(C#N)cc5)cc4c4cc(-c5ccc(C#N)cc5)ccc43)c2-c2cccc(C(F)(F)F)c2)cc1. The maximum Gasteiger partial charge on any atom is 0.416 e. The van der Waals surface area contributed by atoms with Gasteiger partial charge in [-0.2, -0.15) is 47.4 Å². The maximum absolute atomic E-state index is 16.0. The second-order valence-corrected chi connectivity index (χ2v) is 18.8. The highest BCUT2D eigenvalue weighted by molar-refractivity contribution is 6.14. The molecule has 12 aromatic rings. The lowest BCUT2D eigenvalue weighted by Crippen LogP contribution is -2.11. The van der Waals surface area contributed by atoms with Crippen molar-refractivity contribution >= 4 is 43.6 Å². The Morgan fingerprint density at radius 1 is 0.282 bits per heavy atom. The average Bonchev–Trinajstić information content (AvgIpc) is 4.18. The van der Waals surface area contributed by atoms with Gasteiger partial charge in [0.15, 0.2) is 0 Å². The van der Waals surface area contributed by atoms with Crippen molar-refractivity contribution in [3.63, 3.8) is 0 Å². The minimum atomic E-state index is -4.97. The number of aromatic nitrogens is 2. The molecule has 12 heteroatoms. The smallest absolute Gasteiger partial charge is 0.309 e. The van der Waals surface area contributed by atoms with E-state index in [0.717, 1.165) is 68.8 Å². The van der Waals surface area contributed by atoms with Crippen LogP contribution < -0.4 is 0 Å². The molecule has 0 N–H and O–H groups in total. The topological polar surface area (TPSA) is 105 Å². The third-order valence-corrected chi connectivity index (χ3v) is 14.3. The first-order valence-corrected chi connectivity index (χ1v) is 24.3. The predicted octanol–water partition coefficient (Wildman–Crippen LogP) is 17.7. The van der Waals surface area contributed by atoms with E-state index < -0.39 is 23.5 Å². The van der Waals surface area contributed by atoms with Crippen molar-refractivity contribution in [2.75, 3.05) is 0 Å². The Kier molecular flexibility index (Phi) is 11.5. The molecular weight excluding hydrogens is 991 g/mol. The number of hydrogen-bond donors (Lipinski definition) is 0. The van der Waals surface area contributed by atoms with E-state index in [-0.39, 0.29) is 22.5 Å². The van der Waals surface area contributed by atoms with Crippen LogP contribution in [0.1, 0.15) is 33.4 Å². The summed E-state index contributed by atoms with van der Waals surface area (Å²) in [6.07, 6.45) is -9.79. The van der Waals surface area contributed by atoms with Crippen LogP contribution >= 0.6 is 0 Å². The summed E-state index contributed by atoms with van der Waals surface area (Å²) in [4.78, 5) is 0. The van der Waals surface area contributed by atoms with Crippen molar-refractivity contribution < 1.29 is 26.3 Å². The fourth-order valence-corrected chi connectivity index (χ4v) is 10.5. The number of hydrogen-bond acceptors (Lipinski definition) is 4. The van der Waals surface area contributed by atoms with Crippen LogP contribution in [-0.4, -0.2) is 9.13 Å².